The largest absolute Gasteiger partial charge is 0.377 e. The van der Waals surface area contributed by atoms with Gasteiger partial charge in [-0.1, -0.05) is 15.9 Å². The van der Waals surface area contributed by atoms with Gasteiger partial charge in [0.15, 0.2) is 0 Å². The maximum absolute atomic E-state index is 5.52. The summed E-state index contributed by atoms with van der Waals surface area (Å²) in [5.41, 5.74) is 0. The van der Waals surface area contributed by atoms with E-state index >= 15 is 0 Å². The van der Waals surface area contributed by atoms with E-state index in [4.69, 9.17) is 4.74 Å². The number of rotatable bonds is 2. The molecule has 90 valence electrons. The third-order valence-electron chi connectivity index (χ3n) is 3.04. The van der Waals surface area contributed by atoms with Gasteiger partial charge in [-0.15, -0.1) is 11.3 Å². The zero-order chi connectivity index (χ0) is 11.7. The van der Waals surface area contributed by atoms with Gasteiger partial charge in [-0.05, 0) is 17.5 Å². The molecule has 0 bridgehead atoms. The lowest BCUT2D eigenvalue weighted by atomic mass is 10.2. The van der Waals surface area contributed by atoms with Gasteiger partial charge in [-0.3, -0.25) is 0 Å². The second-order valence-electron chi connectivity index (χ2n) is 4.04. The van der Waals surface area contributed by atoms with Crippen molar-refractivity contribution in [1.82, 2.24) is 4.98 Å². The summed E-state index contributed by atoms with van der Waals surface area (Å²) >= 11 is 5.32. The Balaban J connectivity index is 2.04. The molecule has 0 spiro atoms. The summed E-state index contributed by atoms with van der Waals surface area (Å²) in [4.78, 5) is 6.91. The molecular formula is C12H13BrN2OS. The molecule has 1 saturated heterocycles. The van der Waals surface area contributed by atoms with Gasteiger partial charge in [-0.25, -0.2) is 4.98 Å². The maximum Gasteiger partial charge on any atom is 0.137 e. The average Bonchev–Trinajstić information content (AvgIpc) is 2.86. The standard InChI is InChI=1S/C12H13BrN2OS/c13-7-9-8-16-5-4-15(9)12-10-2-6-17-11(10)1-3-14-12/h1-3,6,9H,4-5,7-8H2. The molecule has 1 atom stereocenters. The van der Waals surface area contributed by atoms with Crippen LogP contribution in [0, 0.1) is 0 Å². The number of nitrogens with zero attached hydrogens (tertiary/aromatic N) is 2. The van der Waals surface area contributed by atoms with Crippen LogP contribution in [0.4, 0.5) is 5.82 Å². The molecule has 1 fully saturated rings. The Morgan fingerprint density at radius 3 is 3.35 bits per heavy atom. The fourth-order valence-electron chi connectivity index (χ4n) is 2.17. The lowest BCUT2D eigenvalue weighted by Gasteiger charge is -2.35. The van der Waals surface area contributed by atoms with E-state index in [0.29, 0.717) is 6.04 Å². The van der Waals surface area contributed by atoms with Crippen LogP contribution in [0.5, 0.6) is 0 Å². The Hall–Kier alpha value is -0.650. The third kappa shape index (κ3) is 2.07. The molecule has 0 aromatic carbocycles. The highest BCUT2D eigenvalue weighted by atomic mass is 79.9. The van der Waals surface area contributed by atoms with Crippen LogP contribution in [-0.4, -0.2) is 36.1 Å². The van der Waals surface area contributed by atoms with Crippen LogP contribution in [0.15, 0.2) is 23.7 Å². The van der Waals surface area contributed by atoms with Crippen LogP contribution in [0.1, 0.15) is 0 Å². The number of pyridine rings is 1. The first-order valence-electron chi connectivity index (χ1n) is 5.62. The van der Waals surface area contributed by atoms with Gasteiger partial charge in [0.1, 0.15) is 5.82 Å². The van der Waals surface area contributed by atoms with E-state index in [2.05, 4.69) is 43.3 Å². The second kappa shape index (κ2) is 4.92. The molecule has 1 unspecified atom stereocenters. The van der Waals surface area contributed by atoms with Gasteiger partial charge in [0.25, 0.3) is 0 Å². The maximum atomic E-state index is 5.52. The minimum absolute atomic E-state index is 0.377. The van der Waals surface area contributed by atoms with Crippen molar-refractivity contribution < 1.29 is 4.74 Å². The van der Waals surface area contributed by atoms with Gasteiger partial charge < -0.3 is 9.64 Å². The zero-order valence-corrected chi connectivity index (χ0v) is 11.7. The van der Waals surface area contributed by atoms with Gasteiger partial charge in [0.2, 0.25) is 0 Å². The molecule has 1 aliphatic heterocycles. The van der Waals surface area contributed by atoms with Crippen LogP contribution in [0.25, 0.3) is 10.1 Å². The minimum atomic E-state index is 0.377. The van der Waals surface area contributed by atoms with Crippen LogP contribution in [0.2, 0.25) is 0 Å². The Labute approximate surface area is 113 Å². The summed E-state index contributed by atoms with van der Waals surface area (Å²) in [5.74, 6) is 1.09. The van der Waals surface area contributed by atoms with Crippen molar-refractivity contribution in [3.05, 3.63) is 23.7 Å². The first kappa shape index (κ1) is 11.4. The van der Waals surface area contributed by atoms with E-state index in [-0.39, 0.29) is 0 Å². The highest BCUT2D eigenvalue weighted by molar-refractivity contribution is 9.09. The van der Waals surface area contributed by atoms with Crippen molar-refractivity contribution in [2.45, 2.75) is 6.04 Å². The van der Waals surface area contributed by atoms with Crippen LogP contribution >= 0.6 is 27.3 Å². The summed E-state index contributed by atoms with van der Waals surface area (Å²) in [6.07, 6.45) is 1.90. The summed E-state index contributed by atoms with van der Waals surface area (Å²) in [6.45, 7) is 2.47. The number of anilines is 1. The van der Waals surface area contributed by atoms with Gasteiger partial charge in [-0.2, -0.15) is 0 Å². The molecule has 0 aliphatic carbocycles. The van der Waals surface area contributed by atoms with Crippen molar-refractivity contribution in [1.29, 1.82) is 0 Å². The topological polar surface area (TPSA) is 25.4 Å². The van der Waals surface area contributed by atoms with E-state index in [0.717, 1.165) is 30.9 Å². The molecule has 1 aliphatic rings. The third-order valence-corrected chi connectivity index (χ3v) is 4.67. The quantitative estimate of drug-likeness (QED) is 0.797. The summed E-state index contributed by atoms with van der Waals surface area (Å²) in [5, 5.41) is 4.29. The molecule has 3 heterocycles. The molecule has 5 heteroatoms. The highest BCUT2D eigenvalue weighted by Crippen LogP contribution is 2.30. The van der Waals surface area contributed by atoms with E-state index in [9.17, 15) is 0 Å². The van der Waals surface area contributed by atoms with Crippen molar-refractivity contribution in [3.8, 4) is 0 Å². The number of halogens is 1. The van der Waals surface area contributed by atoms with Crippen molar-refractivity contribution >= 4 is 43.2 Å². The Kier molecular flexibility index (Phi) is 3.31. The molecule has 0 N–H and O–H groups in total. The number of fused-ring (bicyclic) bond motifs is 1. The Morgan fingerprint density at radius 1 is 1.53 bits per heavy atom. The summed E-state index contributed by atoms with van der Waals surface area (Å²) in [6, 6.07) is 4.61. The predicted molar refractivity (Wildman–Crippen MR) is 75.4 cm³/mol. The second-order valence-corrected chi connectivity index (χ2v) is 5.64. The normalized spacial score (nSPS) is 21.0. The molecule has 2 aromatic rings. The molecule has 17 heavy (non-hydrogen) atoms. The van der Waals surface area contributed by atoms with Crippen LogP contribution in [0.3, 0.4) is 0 Å². The molecule has 0 amide bonds. The molecule has 3 nitrogen and oxygen atoms in total. The number of ether oxygens (including phenoxy) is 1. The van der Waals surface area contributed by atoms with Crippen LogP contribution < -0.4 is 4.90 Å². The lowest BCUT2D eigenvalue weighted by Crippen LogP contribution is -2.47. The molecule has 3 rings (SSSR count). The Bertz CT molecular complexity index is 516. The molecule has 2 aromatic heterocycles. The van der Waals surface area contributed by atoms with Gasteiger partial charge >= 0.3 is 0 Å². The fourth-order valence-corrected chi connectivity index (χ4v) is 3.48. The fraction of sp³-hybridized carbons (Fsp3) is 0.417. The van der Waals surface area contributed by atoms with Crippen molar-refractivity contribution in [2.24, 2.45) is 0 Å². The van der Waals surface area contributed by atoms with E-state index in [1.807, 2.05) is 6.20 Å². The number of aromatic nitrogens is 1. The van der Waals surface area contributed by atoms with E-state index in [1.54, 1.807) is 11.3 Å². The number of thiophene rings is 1. The molecular weight excluding hydrogens is 300 g/mol. The molecule has 0 saturated carbocycles. The number of hydrogen-bond donors (Lipinski definition) is 0. The number of morpholine rings is 1. The van der Waals surface area contributed by atoms with Crippen molar-refractivity contribution in [3.63, 3.8) is 0 Å². The number of hydrogen-bond acceptors (Lipinski definition) is 4. The van der Waals surface area contributed by atoms with E-state index < -0.39 is 0 Å². The lowest BCUT2D eigenvalue weighted by molar-refractivity contribution is 0.100. The van der Waals surface area contributed by atoms with Gasteiger partial charge in [0.05, 0.1) is 19.3 Å². The van der Waals surface area contributed by atoms with Gasteiger partial charge in [0, 0.05) is 28.2 Å². The van der Waals surface area contributed by atoms with Crippen molar-refractivity contribution in [2.75, 3.05) is 30.0 Å². The SMILES string of the molecule is BrCC1COCCN1c1nccc2sccc12. The predicted octanol–water partition coefficient (Wildman–Crippen LogP) is 2.90. The van der Waals surface area contributed by atoms with E-state index in [1.165, 1.54) is 10.1 Å². The Morgan fingerprint density at radius 2 is 2.47 bits per heavy atom. The molecule has 0 radical (unpaired) electrons. The smallest absolute Gasteiger partial charge is 0.137 e. The first-order valence-corrected chi connectivity index (χ1v) is 7.63. The minimum Gasteiger partial charge on any atom is -0.377 e. The highest BCUT2D eigenvalue weighted by Gasteiger charge is 2.24. The average molecular weight is 313 g/mol. The summed E-state index contributed by atoms with van der Waals surface area (Å²) < 4.78 is 6.82. The van der Waals surface area contributed by atoms with Crippen LogP contribution in [-0.2, 0) is 4.74 Å². The number of alkyl halides is 1. The zero-order valence-electron chi connectivity index (χ0n) is 9.30. The summed E-state index contributed by atoms with van der Waals surface area (Å²) in [7, 11) is 0. The monoisotopic (exact) mass is 312 g/mol. The first-order chi connectivity index (χ1) is 8.40.